The Balaban J connectivity index is 1.81. The topological polar surface area (TPSA) is 42.3 Å². The van der Waals surface area contributed by atoms with Gasteiger partial charge in [-0.1, -0.05) is 12.1 Å². The zero-order chi connectivity index (χ0) is 19.7. The Bertz CT molecular complexity index is 969. The summed E-state index contributed by atoms with van der Waals surface area (Å²) in [6.07, 6.45) is 6.15. The molecule has 1 fully saturated rings. The lowest BCUT2D eigenvalue weighted by atomic mass is 9.98. The maximum atomic E-state index is 5.75. The van der Waals surface area contributed by atoms with Crippen LogP contribution in [0, 0.1) is 0 Å². The van der Waals surface area contributed by atoms with Gasteiger partial charge in [-0.15, -0.1) is 0 Å². The van der Waals surface area contributed by atoms with Crippen molar-refractivity contribution in [2.24, 2.45) is 0 Å². The standard InChI is InChI=1S/C22H24N4OS/c1-15(2)25-12-10-16(14-25)21-20(19-9-4-5-11-23-19)24-22(28)26(21)17-7-6-8-18(13-17)27-3/h4-15,20-21H,1-3H3,(H,24,28)/t20-,21-/m1/s1. The summed E-state index contributed by atoms with van der Waals surface area (Å²) in [6, 6.07) is 16.5. The van der Waals surface area contributed by atoms with Gasteiger partial charge in [-0.2, -0.15) is 0 Å². The van der Waals surface area contributed by atoms with Crippen molar-refractivity contribution >= 4 is 23.0 Å². The lowest BCUT2D eigenvalue weighted by Crippen LogP contribution is -2.29. The largest absolute Gasteiger partial charge is 0.497 e. The van der Waals surface area contributed by atoms with E-state index in [0.717, 1.165) is 17.1 Å². The Labute approximate surface area is 171 Å². The summed E-state index contributed by atoms with van der Waals surface area (Å²) < 4.78 is 7.65. The second kappa shape index (κ2) is 7.64. The molecule has 0 spiro atoms. The van der Waals surface area contributed by atoms with Crippen LogP contribution in [0.15, 0.2) is 67.1 Å². The summed E-state index contributed by atoms with van der Waals surface area (Å²) in [7, 11) is 1.68. The van der Waals surface area contributed by atoms with Gasteiger partial charge in [0.15, 0.2) is 5.11 Å². The first-order valence-electron chi connectivity index (χ1n) is 9.40. The molecule has 1 aliphatic rings. The van der Waals surface area contributed by atoms with Crippen molar-refractivity contribution in [3.05, 3.63) is 78.4 Å². The Morgan fingerprint density at radius 3 is 2.68 bits per heavy atom. The fourth-order valence-electron chi connectivity index (χ4n) is 3.66. The number of nitrogens with zero attached hydrogens (tertiary/aromatic N) is 3. The van der Waals surface area contributed by atoms with Crippen LogP contribution in [0.4, 0.5) is 5.69 Å². The highest BCUT2D eigenvalue weighted by Gasteiger charge is 2.41. The van der Waals surface area contributed by atoms with E-state index in [1.54, 1.807) is 7.11 Å². The molecule has 2 atom stereocenters. The van der Waals surface area contributed by atoms with Crippen molar-refractivity contribution < 1.29 is 4.74 Å². The van der Waals surface area contributed by atoms with E-state index in [1.165, 1.54) is 5.56 Å². The fourth-order valence-corrected chi connectivity index (χ4v) is 4.00. The van der Waals surface area contributed by atoms with E-state index in [-0.39, 0.29) is 12.1 Å². The second-order valence-electron chi connectivity index (χ2n) is 7.18. The Hall–Kier alpha value is -2.86. The van der Waals surface area contributed by atoms with Gasteiger partial charge in [0, 0.05) is 36.4 Å². The highest BCUT2D eigenvalue weighted by Crippen LogP contribution is 2.42. The molecule has 1 aliphatic heterocycles. The van der Waals surface area contributed by atoms with Crippen molar-refractivity contribution in [2.45, 2.75) is 32.0 Å². The molecule has 1 aromatic carbocycles. The molecule has 2 aromatic heterocycles. The Morgan fingerprint density at radius 2 is 2.00 bits per heavy atom. The molecule has 3 aromatic rings. The lowest BCUT2D eigenvalue weighted by molar-refractivity contribution is 0.415. The molecule has 1 saturated heterocycles. The average molecular weight is 393 g/mol. The summed E-state index contributed by atoms with van der Waals surface area (Å²) in [4.78, 5) is 6.76. The number of aromatic nitrogens is 2. The van der Waals surface area contributed by atoms with Crippen molar-refractivity contribution in [3.63, 3.8) is 0 Å². The molecule has 0 unspecified atom stereocenters. The SMILES string of the molecule is COc1cccc(N2C(=S)N[C@H](c3ccccn3)[C@H]2c2ccn(C(C)C)c2)c1. The fraction of sp³-hybridized carbons (Fsp3) is 0.273. The Morgan fingerprint density at radius 1 is 1.14 bits per heavy atom. The molecule has 144 valence electrons. The number of nitrogens with one attached hydrogen (secondary N) is 1. The molecule has 1 N–H and O–H groups in total. The number of thiocarbonyl (C=S) groups is 1. The number of anilines is 1. The van der Waals surface area contributed by atoms with Crippen LogP contribution in [0.2, 0.25) is 0 Å². The average Bonchev–Trinajstić information content (AvgIpc) is 3.33. The van der Waals surface area contributed by atoms with Gasteiger partial charge in [0.2, 0.25) is 0 Å². The third kappa shape index (κ3) is 3.36. The molecule has 6 heteroatoms. The summed E-state index contributed by atoms with van der Waals surface area (Å²) in [5, 5.41) is 4.17. The summed E-state index contributed by atoms with van der Waals surface area (Å²) in [6.45, 7) is 4.36. The first kappa shape index (κ1) is 18.5. The molecule has 0 amide bonds. The van der Waals surface area contributed by atoms with Crippen molar-refractivity contribution in [1.29, 1.82) is 0 Å². The van der Waals surface area contributed by atoms with Gasteiger partial charge >= 0.3 is 0 Å². The molecule has 0 saturated carbocycles. The van der Waals surface area contributed by atoms with E-state index >= 15 is 0 Å². The van der Waals surface area contributed by atoms with Gasteiger partial charge in [-0.05, 0) is 62.0 Å². The zero-order valence-corrected chi connectivity index (χ0v) is 17.1. The maximum Gasteiger partial charge on any atom is 0.174 e. The normalized spacial score (nSPS) is 19.1. The predicted octanol–water partition coefficient (Wildman–Crippen LogP) is 4.65. The highest BCUT2D eigenvalue weighted by atomic mass is 32.1. The predicted molar refractivity (Wildman–Crippen MR) is 116 cm³/mol. The van der Waals surface area contributed by atoms with Crippen LogP contribution in [-0.4, -0.2) is 21.8 Å². The van der Waals surface area contributed by atoms with Crippen LogP contribution >= 0.6 is 12.2 Å². The zero-order valence-electron chi connectivity index (χ0n) is 16.2. The molecule has 0 bridgehead atoms. The number of methoxy groups -OCH3 is 1. The molecule has 4 rings (SSSR count). The highest BCUT2D eigenvalue weighted by molar-refractivity contribution is 7.80. The number of hydrogen-bond donors (Lipinski definition) is 1. The van der Waals surface area contributed by atoms with Crippen LogP contribution in [0.25, 0.3) is 0 Å². The number of rotatable bonds is 5. The minimum Gasteiger partial charge on any atom is -0.497 e. The van der Waals surface area contributed by atoms with Gasteiger partial charge in [0.1, 0.15) is 5.75 Å². The maximum absolute atomic E-state index is 5.75. The van der Waals surface area contributed by atoms with Gasteiger partial charge < -0.3 is 19.5 Å². The van der Waals surface area contributed by atoms with Crippen LogP contribution < -0.4 is 15.0 Å². The summed E-state index contributed by atoms with van der Waals surface area (Å²) >= 11 is 5.75. The molecule has 0 radical (unpaired) electrons. The number of pyridine rings is 1. The van der Waals surface area contributed by atoms with Crippen LogP contribution in [-0.2, 0) is 0 Å². The third-order valence-electron chi connectivity index (χ3n) is 5.10. The molecule has 5 nitrogen and oxygen atoms in total. The van der Waals surface area contributed by atoms with Crippen molar-refractivity contribution in [1.82, 2.24) is 14.9 Å². The van der Waals surface area contributed by atoms with Gasteiger partial charge in [0.25, 0.3) is 0 Å². The summed E-state index contributed by atoms with van der Waals surface area (Å²) in [5.74, 6) is 0.806. The van der Waals surface area contributed by atoms with Gasteiger partial charge in [-0.25, -0.2) is 0 Å². The lowest BCUT2D eigenvalue weighted by Gasteiger charge is -2.27. The van der Waals surface area contributed by atoms with Crippen molar-refractivity contribution in [2.75, 3.05) is 12.0 Å². The smallest absolute Gasteiger partial charge is 0.174 e. The van der Waals surface area contributed by atoms with E-state index in [9.17, 15) is 0 Å². The first-order chi connectivity index (χ1) is 13.6. The van der Waals surface area contributed by atoms with E-state index in [1.807, 2.05) is 42.6 Å². The minimum atomic E-state index is -0.0390. The second-order valence-corrected chi connectivity index (χ2v) is 7.57. The number of hydrogen-bond acceptors (Lipinski definition) is 3. The summed E-state index contributed by atoms with van der Waals surface area (Å²) in [5.41, 5.74) is 3.16. The quantitative estimate of drug-likeness (QED) is 0.640. The van der Waals surface area contributed by atoms with Crippen LogP contribution in [0.3, 0.4) is 0 Å². The first-order valence-corrected chi connectivity index (χ1v) is 9.81. The van der Waals surface area contributed by atoms with Gasteiger partial charge in [-0.3, -0.25) is 4.98 Å². The van der Waals surface area contributed by atoms with Crippen molar-refractivity contribution in [3.8, 4) is 5.75 Å². The van der Waals surface area contributed by atoms with E-state index in [2.05, 4.69) is 58.1 Å². The van der Waals surface area contributed by atoms with Crippen LogP contribution in [0.1, 0.15) is 43.2 Å². The molecular formula is C22H24N4OS. The van der Waals surface area contributed by atoms with E-state index < -0.39 is 0 Å². The molecular weight excluding hydrogens is 368 g/mol. The number of ether oxygens (including phenoxy) is 1. The van der Waals surface area contributed by atoms with Gasteiger partial charge in [0.05, 0.1) is 24.9 Å². The number of benzene rings is 1. The van der Waals surface area contributed by atoms with E-state index in [4.69, 9.17) is 17.0 Å². The van der Waals surface area contributed by atoms with E-state index in [0.29, 0.717) is 11.2 Å². The molecule has 3 heterocycles. The minimum absolute atomic E-state index is 0.00509. The van der Waals surface area contributed by atoms with Crippen LogP contribution in [0.5, 0.6) is 5.75 Å². The monoisotopic (exact) mass is 392 g/mol. The third-order valence-corrected chi connectivity index (χ3v) is 5.42. The Kier molecular flexibility index (Phi) is 5.05. The molecule has 0 aliphatic carbocycles. The molecule has 28 heavy (non-hydrogen) atoms.